The van der Waals surface area contributed by atoms with Crippen LogP contribution in [-0.2, 0) is 0 Å². The van der Waals surface area contributed by atoms with Gasteiger partial charge in [0.25, 0.3) is 0 Å². The van der Waals surface area contributed by atoms with Gasteiger partial charge in [0.2, 0.25) is 0 Å². The zero-order valence-electron chi connectivity index (χ0n) is 30.5. The summed E-state index contributed by atoms with van der Waals surface area (Å²) in [5, 5.41) is 4.00. The summed E-state index contributed by atoms with van der Waals surface area (Å²) in [5.41, 5.74) is 17.3. The second kappa shape index (κ2) is 11.5. The first-order valence-corrected chi connectivity index (χ1v) is 18.0. The van der Waals surface area contributed by atoms with Gasteiger partial charge in [-0.05, 0) is 124 Å². The molecule has 0 atom stereocenters. The Morgan fingerprint density at radius 3 is 1.70 bits per heavy atom. The zero-order chi connectivity index (χ0) is 36.1. The van der Waals surface area contributed by atoms with Gasteiger partial charge in [0, 0.05) is 51.3 Å². The summed E-state index contributed by atoms with van der Waals surface area (Å²) >= 11 is 0. The van der Waals surface area contributed by atoms with Crippen molar-refractivity contribution in [3.63, 3.8) is 0 Å². The number of rotatable bonds is 4. The second-order valence-corrected chi connectivity index (χ2v) is 14.4. The van der Waals surface area contributed by atoms with Crippen molar-refractivity contribution in [3.05, 3.63) is 143 Å². The fraction of sp³-hybridized carbons (Fsp3) is 0.130. The molecule has 6 heterocycles. The second-order valence-electron chi connectivity index (χ2n) is 14.4. The molecule has 6 aromatic heterocycles. The van der Waals surface area contributed by atoms with Crippen molar-refractivity contribution in [2.75, 3.05) is 0 Å². The summed E-state index contributed by atoms with van der Waals surface area (Å²) < 4.78 is 11.1. The number of aryl methyl sites for hydroxylation is 6. The summed E-state index contributed by atoms with van der Waals surface area (Å²) in [5.74, 6) is 1.43. The lowest BCUT2D eigenvalue weighted by Gasteiger charge is -2.15. The van der Waals surface area contributed by atoms with Crippen molar-refractivity contribution in [1.82, 2.24) is 28.7 Å². The van der Waals surface area contributed by atoms with E-state index in [0.29, 0.717) is 11.5 Å². The van der Waals surface area contributed by atoms with Crippen LogP contribution in [0.15, 0.2) is 110 Å². The minimum absolute atomic E-state index is 0.714. The molecule has 0 unspecified atom stereocenters. The molecular formula is C46H36N6O. The maximum absolute atomic E-state index is 6.69. The van der Waals surface area contributed by atoms with E-state index in [9.17, 15) is 0 Å². The van der Waals surface area contributed by atoms with Crippen molar-refractivity contribution in [2.45, 2.75) is 41.5 Å². The third-order valence-electron chi connectivity index (χ3n) is 10.6. The first kappa shape index (κ1) is 31.2. The van der Waals surface area contributed by atoms with Crippen LogP contribution in [-0.4, -0.2) is 28.7 Å². The number of ether oxygens (including phenoxy) is 1. The van der Waals surface area contributed by atoms with Crippen LogP contribution in [0, 0.1) is 41.5 Å². The van der Waals surface area contributed by atoms with E-state index in [0.717, 1.165) is 71.9 Å². The highest BCUT2D eigenvalue weighted by Gasteiger charge is 2.20. The van der Waals surface area contributed by atoms with Gasteiger partial charge in [-0.15, -0.1) is 0 Å². The standard InChI is InChI=1S/C46H36N6O/c1-25-17-27(3)41(28(4)18-25)37-24-51-38-9-7-15-47-43(38)34-14-12-32(22-36(34)46(51)50-37)53-31-11-13-33-35(21-31)45-49-23-40(42-29(5)19-26(2)20-30(42)6)52(45)39-10-8-16-48-44(33)39/h7-24H,1-6H3. The molecule has 10 aromatic rings. The summed E-state index contributed by atoms with van der Waals surface area (Å²) in [6.07, 6.45) is 7.84. The maximum atomic E-state index is 6.69. The van der Waals surface area contributed by atoms with E-state index >= 15 is 0 Å². The Balaban J connectivity index is 1.15. The fourth-order valence-corrected chi connectivity index (χ4v) is 8.68. The molecule has 0 aliphatic rings. The van der Waals surface area contributed by atoms with Gasteiger partial charge in [-0.2, -0.15) is 0 Å². The largest absolute Gasteiger partial charge is 0.457 e. The number of hydrogen-bond donors (Lipinski definition) is 0. The summed E-state index contributed by atoms with van der Waals surface area (Å²) in [7, 11) is 0. The first-order valence-electron chi connectivity index (χ1n) is 18.0. The summed E-state index contributed by atoms with van der Waals surface area (Å²) in [6, 6.07) is 29.5. The van der Waals surface area contributed by atoms with Crippen molar-refractivity contribution < 1.29 is 4.74 Å². The maximum Gasteiger partial charge on any atom is 0.146 e. The monoisotopic (exact) mass is 688 g/mol. The predicted octanol–water partition coefficient (Wildman–Crippen LogP) is 11.4. The van der Waals surface area contributed by atoms with E-state index in [4.69, 9.17) is 24.7 Å². The fourth-order valence-electron chi connectivity index (χ4n) is 8.68. The third kappa shape index (κ3) is 4.73. The molecule has 0 saturated heterocycles. The average Bonchev–Trinajstić information content (AvgIpc) is 3.77. The Hall–Kier alpha value is -6.60. The van der Waals surface area contributed by atoms with Gasteiger partial charge in [0.1, 0.15) is 22.8 Å². The van der Waals surface area contributed by atoms with E-state index in [1.54, 1.807) is 0 Å². The average molecular weight is 689 g/mol. The molecule has 0 bridgehead atoms. The van der Waals surface area contributed by atoms with Crippen LogP contribution in [0.2, 0.25) is 0 Å². The van der Waals surface area contributed by atoms with Gasteiger partial charge >= 0.3 is 0 Å². The number of fused-ring (bicyclic) bond motifs is 12. The van der Waals surface area contributed by atoms with E-state index < -0.39 is 0 Å². The Morgan fingerprint density at radius 2 is 1.08 bits per heavy atom. The number of nitrogens with zero attached hydrogens (tertiary/aromatic N) is 6. The highest BCUT2D eigenvalue weighted by molar-refractivity contribution is 6.12. The molecule has 0 N–H and O–H groups in total. The lowest BCUT2D eigenvalue weighted by atomic mass is 9.97. The lowest BCUT2D eigenvalue weighted by Crippen LogP contribution is -1.98. The molecular weight excluding hydrogens is 653 g/mol. The van der Waals surface area contributed by atoms with Crippen molar-refractivity contribution >= 4 is 54.9 Å². The molecule has 0 fully saturated rings. The SMILES string of the molecule is Cc1cc(C)c(-c2cn3c4cccnc4c4ccc(Oc5ccc6c(c5)c5ncc(-c7c(C)cc(C)cc7C)n5c5cccnc65)cc4c3n2)c(C)c1. The van der Waals surface area contributed by atoms with E-state index in [1.807, 2.05) is 42.9 Å². The molecule has 0 saturated carbocycles. The summed E-state index contributed by atoms with van der Waals surface area (Å²) in [6.45, 7) is 12.9. The van der Waals surface area contributed by atoms with Crippen LogP contribution in [0.1, 0.15) is 33.4 Å². The molecule has 0 aliphatic heterocycles. The van der Waals surface area contributed by atoms with Gasteiger partial charge < -0.3 is 4.74 Å². The Labute approximate surface area is 306 Å². The smallest absolute Gasteiger partial charge is 0.146 e. The number of pyridine rings is 4. The van der Waals surface area contributed by atoms with Crippen LogP contribution >= 0.6 is 0 Å². The zero-order valence-corrected chi connectivity index (χ0v) is 30.5. The van der Waals surface area contributed by atoms with Crippen LogP contribution in [0.4, 0.5) is 0 Å². The van der Waals surface area contributed by atoms with Gasteiger partial charge in [0.15, 0.2) is 0 Å². The number of benzene rings is 4. The van der Waals surface area contributed by atoms with E-state index in [-0.39, 0.29) is 0 Å². The van der Waals surface area contributed by atoms with Crippen LogP contribution < -0.4 is 4.74 Å². The highest BCUT2D eigenvalue weighted by Crippen LogP contribution is 2.39. The van der Waals surface area contributed by atoms with Crippen molar-refractivity contribution in [2.24, 2.45) is 0 Å². The molecule has 7 nitrogen and oxygen atoms in total. The third-order valence-corrected chi connectivity index (χ3v) is 10.6. The minimum Gasteiger partial charge on any atom is -0.457 e. The molecule has 0 spiro atoms. The predicted molar refractivity (Wildman–Crippen MR) is 215 cm³/mol. The number of imidazole rings is 2. The summed E-state index contributed by atoms with van der Waals surface area (Å²) in [4.78, 5) is 20.0. The highest BCUT2D eigenvalue weighted by atomic mass is 16.5. The lowest BCUT2D eigenvalue weighted by molar-refractivity contribution is 0.484. The van der Waals surface area contributed by atoms with Gasteiger partial charge in [0.05, 0.1) is 39.7 Å². The van der Waals surface area contributed by atoms with Crippen molar-refractivity contribution in [3.8, 4) is 34.0 Å². The molecule has 0 aliphatic carbocycles. The molecule has 7 heteroatoms. The minimum atomic E-state index is 0.714. The molecule has 10 rings (SSSR count). The first-order chi connectivity index (χ1) is 25.7. The topological polar surface area (TPSA) is 69.6 Å². The Bertz CT molecular complexity index is 3080. The molecule has 0 radical (unpaired) electrons. The normalized spacial score (nSPS) is 12.0. The quantitative estimate of drug-likeness (QED) is 0.172. The van der Waals surface area contributed by atoms with Gasteiger partial charge in [-0.25, -0.2) is 9.97 Å². The number of aromatic nitrogens is 6. The Morgan fingerprint density at radius 1 is 0.528 bits per heavy atom. The van der Waals surface area contributed by atoms with E-state index in [1.165, 1.54) is 38.9 Å². The van der Waals surface area contributed by atoms with Gasteiger partial charge in [-0.3, -0.25) is 18.8 Å². The molecule has 0 amide bonds. The van der Waals surface area contributed by atoms with E-state index in [2.05, 4.69) is 117 Å². The van der Waals surface area contributed by atoms with Gasteiger partial charge in [-0.1, -0.05) is 35.4 Å². The Kier molecular flexibility index (Phi) is 6.73. The van der Waals surface area contributed by atoms with Crippen molar-refractivity contribution in [1.29, 1.82) is 0 Å². The number of hydrogen-bond acceptors (Lipinski definition) is 5. The van der Waals surface area contributed by atoms with Crippen LogP contribution in [0.25, 0.3) is 77.4 Å². The molecule has 53 heavy (non-hydrogen) atoms. The molecule has 256 valence electrons. The van der Waals surface area contributed by atoms with Crippen LogP contribution in [0.3, 0.4) is 0 Å². The van der Waals surface area contributed by atoms with Crippen LogP contribution in [0.5, 0.6) is 11.5 Å². The molecule has 4 aromatic carbocycles.